The maximum atomic E-state index is 6.48. The van der Waals surface area contributed by atoms with Crippen LogP contribution in [-0.4, -0.2) is 0 Å². The van der Waals surface area contributed by atoms with Crippen LogP contribution in [0.1, 0.15) is 55.2 Å². The number of hydrogen-bond donors (Lipinski definition) is 0. The molecule has 1 aromatic rings. The van der Waals surface area contributed by atoms with E-state index in [4.69, 9.17) is 11.6 Å². The van der Waals surface area contributed by atoms with Gasteiger partial charge in [0.15, 0.2) is 0 Å². The number of thiophene rings is 1. The summed E-state index contributed by atoms with van der Waals surface area (Å²) in [5.74, 6) is 0.928. The fourth-order valence-electron chi connectivity index (χ4n) is 2.52. The molecule has 0 amide bonds. The molecule has 0 aromatic carbocycles. The monoisotopic (exact) mass is 398 g/mol. The lowest BCUT2D eigenvalue weighted by atomic mass is 9.86. The highest BCUT2D eigenvalue weighted by Crippen LogP contribution is 2.40. The minimum Gasteiger partial charge on any atom is -0.131 e. The molecule has 0 nitrogen and oxygen atoms in total. The molecule has 1 aromatic heterocycles. The van der Waals surface area contributed by atoms with Crippen molar-refractivity contribution >= 4 is 54.8 Å². The van der Waals surface area contributed by atoms with Crippen LogP contribution >= 0.6 is 54.8 Å². The number of alkyl halides is 1. The van der Waals surface area contributed by atoms with Gasteiger partial charge in [0.25, 0.3) is 0 Å². The zero-order valence-electron chi connectivity index (χ0n) is 9.72. The van der Waals surface area contributed by atoms with Crippen molar-refractivity contribution in [3.8, 4) is 0 Å². The summed E-state index contributed by atoms with van der Waals surface area (Å²) in [4.78, 5) is 1.28. The summed E-state index contributed by atoms with van der Waals surface area (Å²) in [6.07, 6.45) is 9.53. The van der Waals surface area contributed by atoms with Crippen LogP contribution < -0.4 is 0 Å². The Balaban J connectivity index is 1.82. The molecular formula is C13H17Br2ClS. The van der Waals surface area contributed by atoms with Crippen LogP contribution in [0.5, 0.6) is 0 Å². The van der Waals surface area contributed by atoms with Crippen LogP contribution in [0.15, 0.2) is 14.3 Å². The minimum atomic E-state index is 0.185. The fourth-order valence-corrected chi connectivity index (χ4v) is 4.94. The third-order valence-electron chi connectivity index (χ3n) is 3.53. The molecular weight excluding hydrogens is 383 g/mol. The first kappa shape index (κ1) is 14.4. The first-order valence-electron chi connectivity index (χ1n) is 6.25. The molecule has 0 spiro atoms. The van der Waals surface area contributed by atoms with Crippen LogP contribution in [0.4, 0.5) is 0 Å². The van der Waals surface area contributed by atoms with Crippen LogP contribution in [-0.2, 0) is 0 Å². The van der Waals surface area contributed by atoms with Gasteiger partial charge in [-0.05, 0) is 56.7 Å². The van der Waals surface area contributed by atoms with Crippen molar-refractivity contribution in [1.82, 2.24) is 0 Å². The highest BCUT2D eigenvalue weighted by atomic mass is 79.9. The van der Waals surface area contributed by atoms with E-state index in [2.05, 4.69) is 37.9 Å². The molecule has 1 aliphatic carbocycles. The van der Waals surface area contributed by atoms with Crippen molar-refractivity contribution in [2.24, 2.45) is 5.92 Å². The van der Waals surface area contributed by atoms with Crippen molar-refractivity contribution in [3.63, 3.8) is 0 Å². The maximum Gasteiger partial charge on any atom is 0.0843 e. The highest BCUT2D eigenvalue weighted by molar-refractivity contribution is 9.13. The van der Waals surface area contributed by atoms with Crippen molar-refractivity contribution < 1.29 is 0 Å². The largest absolute Gasteiger partial charge is 0.131 e. The van der Waals surface area contributed by atoms with E-state index < -0.39 is 0 Å². The lowest BCUT2D eigenvalue weighted by molar-refractivity contribution is 0.331. The van der Waals surface area contributed by atoms with Gasteiger partial charge in [-0.1, -0.05) is 32.1 Å². The molecule has 4 heteroatoms. The topological polar surface area (TPSA) is 0 Å². The number of hydrogen-bond acceptors (Lipinski definition) is 1. The second-order valence-electron chi connectivity index (χ2n) is 4.82. The van der Waals surface area contributed by atoms with Gasteiger partial charge in [-0.2, -0.15) is 0 Å². The van der Waals surface area contributed by atoms with Gasteiger partial charge in [0.1, 0.15) is 0 Å². The van der Waals surface area contributed by atoms with E-state index in [9.17, 15) is 0 Å². The van der Waals surface area contributed by atoms with E-state index in [-0.39, 0.29) is 5.38 Å². The average molecular weight is 401 g/mol. The summed E-state index contributed by atoms with van der Waals surface area (Å²) < 4.78 is 2.27. The summed E-state index contributed by atoms with van der Waals surface area (Å²) in [6, 6.07) is 2.15. The first-order valence-corrected chi connectivity index (χ1v) is 9.09. The third-order valence-corrected chi connectivity index (χ3v) is 7.48. The second-order valence-corrected chi connectivity index (χ2v) is 8.60. The Kier molecular flexibility index (Phi) is 5.85. The Morgan fingerprint density at radius 2 is 2.00 bits per heavy atom. The summed E-state index contributed by atoms with van der Waals surface area (Å²) in [6.45, 7) is 0. The zero-order valence-corrected chi connectivity index (χ0v) is 14.5. The predicted molar refractivity (Wildman–Crippen MR) is 84.1 cm³/mol. The van der Waals surface area contributed by atoms with Crippen LogP contribution in [0.25, 0.3) is 0 Å². The maximum absolute atomic E-state index is 6.48. The van der Waals surface area contributed by atoms with Crippen molar-refractivity contribution in [1.29, 1.82) is 0 Å². The van der Waals surface area contributed by atoms with Crippen LogP contribution in [0.3, 0.4) is 0 Å². The number of halogens is 3. The van der Waals surface area contributed by atoms with E-state index in [1.807, 2.05) is 0 Å². The molecule has 0 saturated heterocycles. The first-order chi connectivity index (χ1) is 8.16. The summed E-state index contributed by atoms with van der Waals surface area (Å²) in [5.41, 5.74) is 0. The molecule has 0 bridgehead atoms. The van der Waals surface area contributed by atoms with E-state index in [1.165, 1.54) is 43.4 Å². The molecule has 1 fully saturated rings. The van der Waals surface area contributed by atoms with E-state index in [0.29, 0.717) is 0 Å². The lowest BCUT2D eigenvalue weighted by Crippen LogP contribution is -2.06. The normalized spacial score (nSPS) is 19.5. The van der Waals surface area contributed by atoms with Gasteiger partial charge < -0.3 is 0 Å². The molecule has 2 rings (SSSR count). The molecule has 0 radical (unpaired) electrons. The van der Waals surface area contributed by atoms with E-state index >= 15 is 0 Å². The van der Waals surface area contributed by atoms with Gasteiger partial charge in [-0.3, -0.25) is 0 Å². The Morgan fingerprint density at radius 3 is 2.59 bits per heavy atom. The standard InChI is InChI=1S/C13H17Br2ClS/c14-10-8-12(17-13(10)15)11(16)7-6-9-4-2-1-3-5-9/h8-9,11H,1-7H2. The lowest BCUT2D eigenvalue weighted by Gasteiger charge is -2.22. The van der Waals surface area contributed by atoms with Crippen molar-refractivity contribution in [2.45, 2.75) is 50.3 Å². The van der Waals surface area contributed by atoms with Crippen molar-refractivity contribution in [3.05, 3.63) is 19.2 Å². The molecule has 17 heavy (non-hydrogen) atoms. The quantitative estimate of drug-likeness (QED) is 0.482. The van der Waals surface area contributed by atoms with Crippen LogP contribution in [0.2, 0.25) is 0 Å². The molecule has 1 unspecified atom stereocenters. The summed E-state index contributed by atoms with van der Waals surface area (Å²) in [5, 5.41) is 0.185. The molecule has 1 saturated carbocycles. The Hall–Kier alpha value is 0.950. The van der Waals surface area contributed by atoms with Gasteiger partial charge in [-0.15, -0.1) is 22.9 Å². The molecule has 0 aliphatic heterocycles. The molecule has 1 atom stereocenters. The Labute approximate surface area is 129 Å². The smallest absolute Gasteiger partial charge is 0.0843 e. The highest BCUT2D eigenvalue weighted by Gasteiger charge is 2.18. The molecule has 1 heterocycles. The fraction of sp³-hybridized carbons (Fsp3) is 0.692. The van der Waals surface area contributed by atoms with Gasteiger partial charge >= 0.3 is 0 Å². The van der Waals surface area contributed by atoms with E-state index in [0.717, 1.165) is 20.6 Å². The number of rotatable bonds is 4. The Bertz CT molecular complexity index is 339. The predicted octanol–water partition coefficient (Wildman–Crippen LogP) is 6.91. The molecule has 1 aliphatic rings. The second kappa shape index (κ2) is 6.93. The van der Waals surface area contributed by atoms with Crippen molar-refractivity contribution in [2.75, 3.05) is 0 Å². The summed E-state index contributed by atoms with van der Waals surface area (Å²) >= 11 is 15.3. The van der Waals surface area contributed by atoms with Gasteiger partial charge in [0, 0.05) is 9.35 Å². The Morgan fingerprint density at radius 1 is 1.29 bits per heavy atom. The SMILES string of the molecule is ClC(CCC1CCCCC1)c1cc(Br)c(Br)s1. The van der Waals surface area contributed by atoms with Gasteiger partial charge in [-0.25, -0.2) is 0 Å². The molecule has 96 valence electrons. The van der Waals surface area contributed by atoms with Crippen LogP contribution in [0, 0.1) is 5.92 Å². The zero-order chi connectivity index (χ0) is 12.3. The average Bonchev–Trinajstić information content (AvgIpc) is 2.68. The molecule has 0 N–H and O–H groups in total. The van der Waals surface area contributed by atoms with E-state index in [1.54, 1.807) is 11.3 Å². The van der Waals surface area contributed by atoms with Gasteiger partial charge in [0.2, 0.25) is 0 Å². The van der Waals surface area contributed by atoms with Gasteiger partial charge in [0.05, 0.1) is 9.16 Å². The third kappa shape index (κ3) is 4.22. The summed E-state index contributed by atoms with van der Waals surface area (Å²) in [7, 11) is 0. The minimum absolute atomic E-state index is 0.185.